The van der Waals surface area contributed by atoms with Gasteiger partial charge in [0.1, 0.15) is 0 Å². The van der Waals surface area contributed by atoms with Crippen LogP contribution in [0.15, 0.2) is 0 Å². The largest absolute Gasteiger partial charge is 0.356 e. The number of carbonyl (C=O) groups excluding carboxylic acids is 1. The van der Waals surface area contributed by atoms with Crippen molar-refractivity contribution in [1.82, 2.24) is 10.2 Å². The molecule has 1 rings (SSSR count). The fourth-order valence-corrected chi connectivity index (χ4v) is 2.10. The summed E-state index contributed by atoms with van der Waals surface area (Å²) in [5, 5.41) is 2.90. The number of piperidine rings is 1. The first-order valence-electron chi connectivity index (χ1n) is 6.37. The number of rotatable bonds is 6. The molecule has 1 heterocycles. The summed E-state index contributed by atoms with van der Waals surface area (Å²) in [7, 11) is 2.16. The van der Waals surface area contributed by atoms with Crippen LogP contribution >= 0.6 is 0 Å². The second kappa shape index (κ2) is 7.63. The number of hydrogen-bond acceptors (Lipinski definition) is 3. The Morgan fingerprint density at radius 2 is 2.12 bits per heavy atom. The molecule has 1 saturated heterocycles. The minimum atomic E-state index is 0.187. The zero-order valence-corrected chi connectivity index (χ0v) is 10.4. The van der Waals surface area contributed by atoms with E-state index in [9.17, 15) is 4.79 Å². The van der Waals surface area contributed by atoms with Gasteiger partial charge in [0.2, 0.25) is 5.91 Å². The molecule has 16 heavy (non-hydrogen) atoms. The van der Waals surface area contributed by atoms with Crippen molar-refractivity contribution >= 4 is 5.91 Å². The number of amides is 1. The molecule has 0 atom stereocenters. The first-order valence-corrected chi connectivity index (χ1v) is 6.37. The Balaban J connectivity index is 2.03. The standard InChI is InChI=1S/C12H25N3O/c1-15-9-5-11(6-10-15)3-4-12(16)14-8-2-7-13/h11H,2-10,13H2,1H3,(H,14,16). The summed E-state index contributed by atoms with van der Waals surface area (Å²) in [6, 6.07) is 0. The molecule has 0 bridgehead atoms. The summed E-state index contributed by atoms with van der Waals surface area (Å²) in [6.07, 6.45) is 5.08. The fraction of sp³-hybridized carbons (Fsp3) is 0.917. The normalized spacial score (nSPS) is 18.6. The van der Waals surface area contributed by atoms with E-state index < -0.39 is 0 Å². The molecule has 0 aliphatic carbocycles. The van der Waals surface area contributed by atoms with E-state index in [1.165, 1.54) is 25.9 Å². The van der Waals surface area contributed by atoms with Gasteiger partial charge < -0.3 is 16.0 Å². The van der Waals surface area contributed by atoms with Crippen LogP contribution in [-0.4, -0.2) is 44.0 Å². The molecule has 94 valence electrons. The monoisotopic (exact) mass is 227 g/mol. The van der Waals surface area contributed by atoms with Gasteiger partial charge in [-0.2, -0.15) is 0 Å². The van der Waals surface area contributed by atoms with Crippen LogP contribution < -0.4 is 11.1 Å². The Bertz CT molecular complexity index is 200. The molecule has 1 aliphatic rings. The summed E-state index contributed by atoms with van der Waals surface area (Å²) in [6.45, 7) is 3.73. The Morgan fingerprint density at radius 1 is 1.44 bits per heavy atom. The van der Waals surface area contributed by atoms with Gasteiger partial charge >= 0.3 is 0 Å². The molecule has 0 radical (unpaired) electrons. The molecule has 0 aromatic carbocycles. The van der Waals surface area contributed by atoms with E-state index in [1.54, 1.807) is 0 Å². The topological polar surface area (TPSA) is 58.4 Å². The Labute approximate surface area is 98.6 Å². The third kappa shape index (κ3) is 5.47. The highest BCUT2D eigenvalue weighted by Gasteiger charge is 2.17. The summed E-state index contributed by atoms with van der Waals surface area (Å²) < 4.78 is 0. The van der Waals surface area contributed by atoms with Gasteiger partial charge in [-0.05, 0) is 58.3 Å². The van der Waals surface area contributed by atoms with Crippen molar-refractivity contribution in [2.45, 2.75) is 32.1 Å². The third-order valence-electron chi connectivity index (χ3n) is 3.32. The van der Waals surface area contributed by atoms with Crippen LogP contribution in [0.3, 0.4) is 0 Å². The average molecular weight is 227 g/mol. The maximum absolute atomic E-state index is 11.5. The molecule has 0 aromatic rings. The lowest BCUT2D eigenvalue weighted by Gasteiger charge is -2.28. The van der Waals surface area contributed by atoms with Gasteiger partial charge in [-0.3, -0.25) is 4.79 Å². The minimum absolute atomic E-state index is 0.187. The number of carbonyl (C=O) groups is 1. The van der Waals surface area contributed by atoms with E-state index >= 15 is 0 Å². The van der Waals surface area contributed by atoms with Crippen LogP contribution in [-0.2, 0) is 4.79 Å². The quantitative estimate of drug-likeness (QED) is 0.652. The smallest absolute Gasteiger partial charge is 0.220 e. The van der Waals surface area contributed by atoms with Gasteiger partial charge in [-0.1, -0.05) is 0 Å². The van der Waals surface area contributed by atoms with E-state index in [1.807, 2.05) is 0 Å². The lowest BCUT2D eigenvalue weighted by molar-refractivity contribution is -0.121. The first kappa shape index (κ1) is 13.5. The predicted octanol–water partition coefficient (Wildman–Crippen LogP) is 0.573. The molecule has 0 saturated carbocycles. The molecular weight excluding hydrogens is 202 g/mol. The number of hydrogen-bond donors (Lipinski definition) is 2. The van der Waals surface area contributed by atoms with Crippen molar-refractivity contribution in [3.05, 3.63) is 0 Å². The molecule has 1 aliphatic heterocycles. The molecule has 4 heteroatoms. The second-order valence-electron chi connectivity index (χ2n) is 4.78. The van der Waals surface area contributed by atoms with Gasteiger partial charge in [-0.25, -0.2) is 0 Å². The summed E-state index contributed by atoms with van der Waals surface area (Å²) >= 11 is 0. The summed E-state index contributed by atoms with van der Waals surface area (Å²) in [4.78, 5) is 13.8. The highest BCUT2D eigenvalue weighted by molar-refractivity contribution is 5.75. The van der Waals surface area contributed by atoms with Crippen LogP contribution in [0.4, 0.5) is 0 Å². The highest BCUT2D eigenvalue weighted by Crippen LogP contribution is 2.20. The van der Waals surface area contributed by atoms with Crippen molar-refractivity contribution < 1.29 is 4.79 Å². The van der Waals surface area contributed by atoms with Crippen LogP contribution in [0.25, 0.3) is 0 Å². The van der Waals surface area contributed by atoms with Crippen molar-refractivity contribution in [2.75, 3.05) is 33.2 Å². The van der Waals surface area contributed by atoms with Crippen LogP contribution in [0, 0.1) is 5.92 Å². The zero-order valence-electron chi connectivity index (χ0n) is 10.4. The molecule has 0 spiro atoms. The van der Waals surface area contributed by atoms with Crippen LogP contribution in [0.5, 0.6) is 0 Å². The number of nitrogens with one attached hydrogen (secondary N) is 1. The SMILES string of the molecule is CN1CCC(CCC(=O)NCCCN)CC1. The highest BCUT2D eigenvalue weighted by atomic mass is 16.1. The first-order chi connectivity index (χ1) is 7.72. The predicted molar refractivity (Wildman–Crippen MR) is 66.1 cm³/mol. The van der Waals surface area contributed by atoms with E-state index in [4.69, 9.17) is 5.73 Å². The van der Waals surface area contributed by atoms with E-state index in [-0.39, 0.29) is 5.91 Å². The lowest BCUT2D eigenvalue weighted by atomic mass is 9.92. The van der Waals surface area contributed by atoms with Gasteiger partial charge in [0.25, 0.3) is 0 Å². The number of likely N-dealkylation sites (tertiary alicyclic amines) is 1. The van der Waals surface area contributed by atoms with Crippen molar-refractivity contribution in [3.8, 4) is 0 Å². The Morgan fingerprint density at radius 3 is 2.75 bits per heavy atom. The number of nitrogens with two attached hydrogens (primary N) is 1. The third-order valence-corrected chi connectivity index (χ3v) is 3.32. The van der Waals surface area contributed by atoms with Gasteiger partial charge in [0.15, 0.2) is 0 Å². The van der Waals surface area contributed by atoms with Crippen LogP contribution in [0.2, 0.25) is 0 Å². The van der Waals surface area contributed by atoms with Gasteiger partial charge in [0.05, 0.1) is 0 Å². The maximum Gasteiger partial charge on any atom is 0.220 e. The molecule has 3 N–H and O–H groups in total. The van der Waals surface area contributed by atoms with E-state index in [2.05, 4.69) is 17.3 Å². The molecular formula is C12H25N3O. The summed E-state index contributed by atoms with van der Waals surface area (Å²) in [5.74, 6) is 0.934. The van der Waals surface area contributed by atoms with Crippen molar-refractivity contribution in [2.24, 2.45) is 11.7 Å². The fourth-order valence-electron chi connectivity index (χ4n) is 2.10. The average Bonchev–Trinajstić information content (AvgIpc) is 2.29. The Kier molecular flexibility index (Phi) is 6.42. The summed E-state index contributed by atoms with van der Waals surface area (Å²) in [5.41, 5.74) is 5.36. The zero-order chi connectivity index (χ0) is 11.8. The maximum atomic E-state index is 11.5. The molecule has 1 fully saturated rings. The second-order valence-corrected chi connectivity index (χ2v) is 4.78. The van der Waals surface area contributed by atoms with Crippen molar-refractivity contribution in [1.29, 1.82) is 0 Å². The van der Waals surface area contributed by atoms with Crippen molar-refractivity contribution in [3.63, 3.8) is 0 Å². The lowest BCUT2D eigenvalue weighted by Crippen LogP contribution is -2.31. The molecule has 0 aromatic heterocycles. The van der Waals surface area contributed by atoms with Crippen LogP contribution in [0.1, 0.15) is 32.1 Å². The van der Waals surface area contributed by atoms with E-state index in [0.717, 1.165) is 25.3 Å². The Hall–Kier alpha value is -0.610. The minimum Gasteiger partial charge on any atom is -0.356 e. The van der Waals surface area contributed by atoms with Gasteiger partial charge in [0, 0.05) is 13.0 Å². The molecule has 4 nitrogen and oxygen atoms in total. The molecule has 0 unspecified atom stereocenters. The molecule has 1 amide bonds. The van der Waals surface area contributed by atoms with E-state index in [0.29, 0.717) is 13.0 Å². The van der Waals surface area contributed by atoms with Gasteiger partial charge in [-0.15, -0.1) is 0 Å². The number of nitrogens with zero attached hydrogens (tertiary/aromatic N) is 1.